The van der Waals surface area contributed by atoms with Crippen LogP contribution in [0.1, 0.15) is 15.9 Å². The van der Waals surface area contributed by atoms with E-state index >= 15 is 0 Å². The number of carbonyl (C=O) groups is 1. The van der Waals surface area contributed by atoms with Crippen LogP contribution in [0, 0.1) is 0 Å². The third-order valence-corrected chi connectivity index (χ3v) is 2.50. The van der Waals surface area contributed by atoms with Crippen LogP contribution in [0.3, 0.4) is 0 Å². The summed E-state index contributed by atoms with van der Waals surface area (Å²) in [6, 6.07) is 5.67. The summed E-state index contributed by atoms with van der Waals surface area (Å²) in [6.07, 6.45) is 6.33. The molecule has 0 bridgehead atoms. The van der Waals surface area contributed by atoms with Crippen LogP contribution in [0.2, 0.25) is 0 Å². The Bertz CT molecular complexity index is 636. The largest absolute Gasteiger partial charge is 0.435 e. The van der Waals surface area contributed by atoms with Gasteiger partial charge in [-0.05, 0) is 24.3 Å². The quantitative estimate of drug-likeness (QED) is 0.624. The Morgan fingerprint density at radius 2 is 2.25 bits per heavy atom. The number of carbonyl (C=O) groups excluding carboxylic acids is 1. The molecule has 1 heterocycles. The summed E-state index contributed by atoms with van der Waals surface area (Å²) < 4.78 is 30.0. The normalized spacial score (nSPS) is 11.2. The Morgan fingerprint density at radius 3 is 2.90 bits per heavy atom. The van der Waals surface area contributed by atoms with E-state index in [1.807, 2.05) is 0 Å². The van der Waals surface area contributed by atoms with Crippen molar-refractivity contribution in [2.75, 3.05) is 0 Å². The molecule has 6 heteroatoms. The Balaban J connectivity index is 2.10. The summed E-state index contributed by atoms with van der Waals surface area (Å²) >= 11 is 0. The highest BCUT2D eigenvalue weighted by Gasteiger charge is 2.07. The molecule has 0 saturated heterocycles. The first-order chi connectivity index (χ1) is 9.54. The van der Waals surface area contributed by atoms with Gasteiger partial charge in [0.1, 0.15) is 5.75 Å². The molecule has 0 aliphatic carbocycles. The lowest BCUT2D eigenvalue weighted by molar-refractivity contribution is -0.0498. The van der Waals surface area contributed by atoms with Crippen molar-refractivity contribution in [3.63, 3.8) is 0 Å². The number of rotatable bonds is 5. The molecule has 0 fully saturated rings. The third-order valence-electron chi connectivity index (χ3n) is 2.50. The molecule has 0 spiro atoms. The molecule has 20 heavy (non-hydrogen) atoms. The van der Waals surface area contributed by atoms with Crippen LogP contribution < -0.4 is 4.74 Å². The fraction of sp³-hybridized carbons (Fsp3) is 0.143. The van der Waals surface area contributed by atoms with Gasteiger partial charge in [-0.2, -0.15) is 13.9 Å². The van der Waals surface area contributed by atoms with Crippen LogP contribution in [0.15, 0.2) is 42.7 Å². The number of hydrogen-bond donors (Lipinski definition) is 0. The average Bonchev–Trinajstić information content (AvgIpc) is 2.81. The minimum absolute atomic E-state index is 0.0411. The maximum atomic E-state index is 12.1. The van der Waals surface area contributed by atoms with Gasteiger partial charge < -0.3 is 4.74 Å². The highest BCUT2D eigenvalue weighted by atomic mass is 19.3. The number of nitrogens with zero attached hydrogens (tertiary/aromatic N) is 2. The van der Waals surface area contributed by atoms with Gasteiger partial charge >= 0.3 is 6.61 Å². The number of ether oxygens (including phenoxy) is 1. The lowest BCUT2D eigenvalue weighted by atomic mass is 10.1. The van der Waals surface area contributed by atoms with Gasteiger partial charge in [0.05, 0.1) is 6.20 Å². The van der Waals surface area contributed by atoms with Crippen LogP contribution in [-0.4, -0.2) is 22.2 Å². The second-order valence-corrected chi connectivity index (χ2v) is 4.05. The SMILES string of the molecule is Cn1cc(C=CC(=O)c2cccc(OC(F)F)c2)cn1. The predicted octanol–water partition coefficient (Wildman–Crippen LogP) is 2.92. The molecular formula is C14H12F2N2O2. The molecule has 104 valence electrons. The lowest BCUT2D eigenvalue weighted by Crippen LogP contribution is -2.03. The number of allylic oxidation sites excluding steroid dienone is 1. The topological polar surface area (TPSA) is 44.1 Å². The van der Waals surface area contributed by atoms with Crippen molar-refractivity contribution >= 4 is 11.9 Å². The fourth-order valence-electron chi connectivity index (χ4n) is 1.62. The van der Waals surface area contributed by atoms with Gasteiger partial charge in [-0.15, -0.1) is 0 Å². The number of aromatic nitrogens is 2. The van der Waals surface area contributed by atoms with Crippen molar-refractivity contribution < 1.29 is 18.3 Å². The van der Waals surface area contributed by atoms with Gasteiger partial charge in [-0.25, -0.2) is 0 Å². The van der Waals surface area contributed by atoms with Crippen LogP contribution in [0.5, 0.6) is 5.75 Å². The summed E-state index contributed by atoms with van der Waals surface area (Å²) in [5.74, 6) is -0.339. The molecule has 0 saturated carbocycles. The summed E-state index contributed by atoms with van der Waals surface area (Å²) in [4.78, 5) is 11.9. The number of halogens is 2. The van der Waals surface area contributed by atoms with E-state index in [0.717, 1.165) is 5.56 Å². The van der Waals surface area contributed by atoms with Crippen molar-refractivity contribution in [2.45, 2.75) is 6.61 Å². The molecule has 1 aromatic carbocycles. The molecule has 0 amide bonds. The van der Waals surface area contributed by atoms with Gasteiger partial charge in [0, 0.05) is 24.4 Å². The zero-order valence-corrected chi connectivity index (χ0v) is 10.7. The minimum atomic E-state index is -2.91. The van der Waals surface area contributed by atoms with E-state index in [4.69, 9.17) is 0 Å². The maximum Gasteiger partial charge on any atom is 0.387 e. The molecule has 0 unspecified atom stereocenters. The van der Waals surface area contributed by atoms with Crippen molar-refractivity contribution in [1.82, 2.24) is 9.78 Å². The van der Waals surface area contributed by atoms with E-state index in [1.54, 1.807) is 30.2 Å². The smallest absolute Gasteiger partial charge is 0.387 e. The number of alkyl halides is 2. The average molecular weight is 278 g/mol. The van der Waals surface area contributed by atoms with E-state index in [1.165, 1.54) is 30.3 Å². The van der Waals surface area contributed by atoms with Crippen LogP contribution in [0.25, 0.3) is 6.08 Å². The first kappa shape index (κ1) is 13.9. The first-order valence-electron chi connectivity index (χ1n) is 5.80. The number of hydrogen-bond acceptors (Lipinski definition) is 3. The van der Waals surface area contributed by atoms with Gasteiger partial charge in [0.25, 0.3) is 0 Å². The van der Waals surface area contributed by atoms with Crippen molar-refractivity contribution in [3.05, 3.63) is 53.9 Å². The molecule has 0 aliphatic rings. The number of benzene rings is 1. The highest BCUT2D eigenvalue weighted by molar-refractivity contribution is 6.07. The standard InChI is InChI=1S/C14H12F2N2O2/c1-18-9-10(8-17-18)5-6-13(19)11-3-2-4-12(7-11)20-14(15)16/h2-9,14H,1H3. The Kier molecular flexibility index (Phi) is 4.24. The molecule has 0 radical (unpaired) electrons. The molecule has 0 N–H and O–H groups in total. The fourth-order valence-corrected chi connectivity index (χ4v) is 1.62. The van der Waals surface area contributed by atoms with E-state index < -0.39 is 6.61 Å². The molecule has 2 rings (SSSR count). The summed E-state index contributed by atoms with van der Waals surface area (Å²) in [7, 11) is 1.77. The van der Waals surface area contributed by atoms with Crippen molar-refractivity contribution in [1.29, 1.82) is 0 Å². The zero-order chi connectivity index (χ0) is 14.5. The highest BCUT2D eigenvalue weighted by Crippen LogP contribution is 2.16. The van der Waals surface area contributed by atoms with Crippen LogP contribution >= 0.6 is 0 Å². The lowest BCUT2D eigenvalue weighted by Gasteiger charge is -2.04. The second kappa shape index (κ2) is 6.10. The zero-order valence-electron chi connectivity index (χ0n) is 10.7. The van der Waals surface area contributed by atoms with Crippen molar-refractivity contribution in [3.8, 4) is 5.75 Å². The Labute approximate surface area is 114 Å². The first-order valence-corrected chi connectivity index (χ1v) is 5.80. The van der Waals surface area contributed by atoms with E-state index in [9.17, 15) is 13.6 Å². The van der Waals surface area contributed by atoms with Gasteiger partial charge in [-0.1, -0.05) is 12.1 Å². The summed E-state index contributed by atoms with van der Waals surface area (Å²) in [6.45, 7) is -2.91. The third kappa shape index (κ3) is 3.74. The van der Waals surface area contributed by atoms with Gasteiger partial charge in [0.2, 0.25) is 0 Å². The number of aryl methyl sites for hydroxylation is 1. The van der Waals surface area contributed by atoms with Crippen molar-refractivity contribution in [2.24, 2.45) is 7.05 Å². The number of ketones is 1. The Hall–Kier alpha value is -2.50. The molecule has 2 aromatic rings. The molecule has 4 nitrogen and oxygen atoms in total. The predicted molar refractivity (Wildman–Crippen MR) is 69.6 cm³/mol. The maximum absolute atomic E-state index is 12.1. The molecule has 0 atom stereocenters. The molecule has 1 aromatic heterocycles. The molecular weight excluding hydrogens is 266 g/mol. The van der Waals surface area contributed by atoms with Crippen LogP contribution in [0.4, 0.5) is 8.78 Å². The summed E-state index contributed by atoms with van der Waals surface area (Å²) in [5.41, 5.74) is 1.06. The van der Waals surface area contributed by atoms with E-state index in [2.05, 4.69) is 9.84 Å². The van der Waals surface area contributed by atoms with E-state index in [0.29, 0.717) is 0 Å². The van der Waals surface area contributed by atoms with Crippen LogP contribution in [-0.2, 0) is 7.05 Å². The van der Waals surface area contributed by atoms with Gasteiger partial charge in [-0.3, -0.25) is 9.48 Å². The second-order valence-electron chi connectivity index (χ2n) is 4.05. The monoisotopic (exact) mass is 278 g/mol. The molecule has 0 aliphatic heterocycles. The Morgan fingerprint density at radius 1 is 1.45 bits per heavy atom. The summed E-state index contributed by atoms with van der Waals surface area (Å²) in [5, 5.41) is 3.96. The minimum Gasteiger partial charge on any atom is -0.435 e. The van der Waals surface area contributed by atoms with E-state index in [-0.39, 0.29) is 17.1 Å². The van der Waals surface area contributed by atoms with Gasteiger partial charge in [0.15, 0.2) is 5.78 Å².